The zero-order chi connectivity index (χ0) is 52.9. The Balaban J connectivity index is 1.99. The Kier molecular flexibility index (Phi) is 52.0. The van der Waals surface area contributed by atoms with Crippen molar-refractivity contribution in [2.24, 2.45) is 0 Å². The molecule has 0 aromatic heterocycles. The highest BCUT2D eigenvalue weighted by atomic mass is 16.7. The lowest BCUT2D eigenvalue weighted by atomic mass is 9.99. The molecule has 9 heteroatoms. The predicted octanol–water partition coefficient (Wildman–Crippen LogP) is 16.7. The van der Waals surface area contributed by atoms with Gasteiger partial charge in [0.25, 0.3) is 0 Å². The van der Waals surface area contributed by atoms with Crippen molar-refractivity contribution >= 4 is 5.91 Å². The van der Waals surface area contributed by atoms with Crippen LogP contribution >= 0.6 is 0 Å². The van der Waals surface area contributed by atoms with E-state index in [1.807, 2.05) is 0 Å². The lowest BCUT2D eigenvalue weighted by Crippen LogP contribution is -2.60. The summed E-state index contributed by atoms with van der Waals surface area (Å²) >= 11 is 0. The summed E-state index contributed by atoms with van der Waals surface area (Å²) < 4.78 is 11.3. The number of hydrogen-bond acceptors (Lipinski definition) is 8. The van der Waals surface area contributed by atoms with Crippen LogP contribution in [-0.4, -0.2) is 87.5 Å². The van der Waals surface area contributed by atoms with Crippen molar-refractivity contribution in [2.45, 2.75) is 378 Å². The van der Waals surface area contributed by atoms with Gasteiger partial charge in [0.2, 0.25) is 5.91 Å². The van der Waals surface area contributed by atoms with Crippen molar-refractivity contribution in [1.29, 1.82) is 0 Å². The first kappa shape index (κ1) is 69.9. The fraction of sp³-hybridized carbons (Fsp3) is 0.953. The third-order valence-electron chi connectivity index (χ3n) is 15.9. The smallest absolute Gasteiger partial charge is 0.220 e. The highest BCUT2D eigenvalue weighted by molar-refractivity contribution is 5.76. The van der Waals surface area contributed by atoms with Gasteiger partial charge in [-0.2, -0.15) is 0 Å². The molecule has 9 nitrogen and oxygen atoms in total. The average molecular weight is 1040 g/mol. The van der Waals surface area contributed by atoms with Crippen molar-refractivity contribution in [3.8, 4) is 0 Å². The highest BCUT2D eigenvalue weighted by Crippen LogP contribution is 2.24. The van der Waals surface area contributed by atoms with Crippen LogP contribution in [0.1, 0.15) is 335 Å². The molecule has 0 aromatic rings. The van der Waals surface area contributed by atoms with Crippen molar-refractivity contribution in [3.63, 3.8) is 0 Å². The van der Waals surface area contributed by atoms with Gasteiger partial charge in [0, 0.05) is 6.42 Å². The standard InChI is InChI=1S/C64H125NO8/c1-3-5-7-9-11-13-15-16-17-18-19-20-21-22-23-24-25-26-27-28-29-30-31-32-33-34-35-36-37-38-39-40-41-42-44-46-48-50-52-54-60(68)65-57(56-72-64-63(71)62(70)61(69)59(55-66)73-64)58(67)53-51-49-47-45-43-14-12-10-8-6-4-2/h28-29,57-59,61-64,66-67,69-71H,3-27,30-56H2,1-2H3,(H,65,68)/b29-28-. The Bertz CT molecular complexity index is 1150. The van der Waals surface area contributed by atoms with Gasteiger partial charge in [0.1, 0.15) is 24.4 Å². The first-order chi connectivity index (χ1) is 35.8. The summed E-state index contributed by atoms with van der Waals surface area (Å²) in [6.07, 6.45) is 61.6. The Morgan fingerprint density at radius 2 is 0.767 bits per heavy atom. The van der Waals surface area contributed by atoms with E-state index in [0.29, 0.717) is 12.8 Å². The number of aliphatic hydroxyl groups excluding tert-OH is 5. The number of unbranched alkanes of at least 4 members (excludes halogenated alkanes) is 45. The summed E-state index contributed by atoms with van der Waals surface area (Å²) in [4.78, 5) is 13.1. The highest BCUT2D eigenvalue weighted by Gasteiger charge is 2.44. The molecule has 1 rings (SSSR count). The van der Waals surface area contributed by atoms with Crippen LogP contribution in [0.5, 0.6) is 0 Å². The maximum Gasteiger partial charge on any atom is 0.220 e. The molecule has 1 heterocycles. The first-order valence-corrected chi connectivity index (χ1v) is 32.4. The Hall–Kier alpha value is -1.07. The fourth-order valence-corrected chi connectivity index (χ4v) is 10.7. The number of rotatable bonds is 57. The van der Waals surface area contributed by atoms with E-state index in [1.54, 1.807) is 0 Å². The van der Waals surface area contributed by atoms with Gasteiger partial charge in [0.15, 0.2) is 6.29 Å². The summed E-state index contributed by atoms with van der Waals surface area (Å²) in [5.74, 6) is -0.139. The molecule has 7 atom stereocenters. The summed E-state index contributed by atoms with van der Waals surface area (Å²) in [6.45, 7) is 3.86. The molecule has 0 radical (unpaired) electrons. The minimum absolute atomic E-state index is 0.133. The molecule has 434 valence electrons. The van der Waals surface area contributed by atoms with Crippen LogP contribution in [-0.2, 0) is 14.3 Å². The number of aliphatic hydroxyl groups is 5. The molecule has 1 saturated heterocycles. The van der Waals surface area contributed by atoms with E-state index in [4.69, 9.17) is 9.47 Å². The number of nitrogens with one attached hydrogen (secondary N) is 1. The minimum Gasteiger partial charge on any atom is -0.394 e. The molecule has 0 spiro atoms. The zero-order valence-corrected chi connectivity index (χ0v) is 48.4. The molecular formula is C64H125NO8. The third kappa shape index (κ3) is 43.6. The van der Waals surface area contributed by atoms with Crippen LogP contribution in [0.4, 0.5) is 0 Å². The van der Waals surface area contributed by atoms with Crippen molar-refractivity contribution in [2.75, 3.05) is 13.2 Å². The third-order valence-corrected chi connectivity index (χ3v) is 15.9. The largest absolute Gasteiger partial charge is 0.394 e. The lowest BCUT2D eigenvalue weighted by molar-refractivity contribution is -0.302. The first-order valence-electron chi connectivity index (χ1n) is 32.4. The van der Waals surface area contributed by atoms with Crippen molar-refractivity contribution < 1.29 is 39.8 Å². The summed E-state index contributed by atoms with van der Waals surface area (Å²) in [5.41, 5.74) is 0. The van der Waals surface area contributed by atoms with E-state index in [2.05, 4.69) is 31.3 Å². The quantitative estimate of drug-likeness (QED) is 0.0261. The molecule has 1 aliphatic heterocycles. The fourth-order valence-electron chi connectivity index (χ4n) is 10.7. The van der Waals surface area contributed by atoms with Crippen molar-refractivity contribution in [1.82, 2.24) is 5.32 Å². The van der Waals surface area contributed by atoms with Crippen molar-refractivity contribution in [3.05, 3.63) is 12.2 Å². The van der Waals surface area contributed by atoms with E-state index in [0.717, 1.165) is 38.5 Å². The SMILES string of the molecule is CCCCCCCCCCCCCCCCCCCC/C=C\CCCCCCCCCCCCCCCCCCCC(=O)NC(COC1OC(CO)C(O)C(O)C1O)C(O)CCCCCCCCCCCCC. The van der Waals surface area contributed by atoms with Crippen LogP contribution in [0.15, 0.2) is 12.2 Å². The Morgan fingerprint density at radius 1 is 0.452 bits per heavy atom. The molecule has 1 amide bonds. The number of carbonyl (C=O) groups excluding carboxylic acids is 1. The maximum absolute atomic E-state index is 13.1. The molecule has 1 fully saturated rings. The Morgan fingerprint density at radius 3 is 1.11 bits per heavy atom. The average Bonchev–Trinajstić information content (AvgIpc) is 3.39. The summed E-state index contributed by atoms with van der Waals surface area (Å²) in [6, 6.07) is -0.714. The van der Waals surface area contributed by atoms with Crippen LogP contribution in [0.3, 0.4) is 0 Å². The summed E-state index contributed by atoms with van der Waals surface area (Å²) in [7, 11) is 0. The van der Waals surface area contributed by atoms with Crippen LogP contribution in [0, 0.1) is 0 Å². The Labute approximate surface area is 452 Å². The van der Waals surface area contributed by atoms with Gasteiger partial charge in [-0.1, -0.05) is 302 Å². The van der Waals surface area contributed by atoms with E-state index in [1.165, 1.54) is 270 Å². The predicted molar refractivity (Wildman–Crippen MR) is 309 cm³/mol. The molecule has 6 N–H and O–H groups in total. The van der Waals surface area contributed by atoms with E-state index < -0.39 is 49.5 Å². The topological polar surface area (TPSA) is 149 Å². The second kappa shape index (κ2) is 54.3. The number of hydrogen-bond donors (Lipinski definition) is 6. The number of allylic oxidation sites excluding steroid dienone is 2. The zero-order valence-electron chi connectivity index (χ0n) is 48.4. The normalized spacial score (nSPS) is 19.0. The number of carbonyl (C=O) groups is 1. The van der Waals surface area contributed by atoms with E-state index in [9.17, 15) is 30.3 Å². The molecule has 0 aromatic carbocycles. The lowest BCUT2D eigenvalue weighted by Gasteiger charge is -2.40. The van der Waals surface area contributed by atoms with Gasteiger partial charge in [0.05, 0.1) is 25.4 Å². The maximum atomic E-state index is 13.1. The molecular weight excluding hydrogens is 911 g/mol. The molecule has 1 aliphatic rings. The molecule has 0 aliphatic carbocycles. The number of ether oxygens (including phenoxy) is 2. The van der Waals surface area contributed by atoms with Gasteiger partial charge in [-0.05, 0) is 38.5 Å². The second-order valence-corrected chi connectivity index (χ2v) is 22.9. The molecule has 0 bridgehead atoms. The number of amides is 1. The molecule has 7 unspecified atom stereocenters. The van der Waals surface area contributed by atoms with E-state index >= 15 is 0 Å². The van der Waals surface area contributed by atoms with Gasteiger partial charge >= 0.3 is 0 Å². The van der Waals surface area contributed by atoms with Crippen LogP contribution in [0.2, 0.25) is 0 Å². The van der Waals surface area contributed by atoms with Crippen LogP contribution < -0.4 is 5.32 Å². The van der Waals surface area contributed by atoms with Crippen LogP contribution in [0.25, 0.3) is 0 Å². The summed E-state index contributed by atoms with van der Waals surface area (Å²) in [5, 5.41) is 54.5. The van der Waals surface area contributed by atoms with Gasteiger partial charge in [-0.15, -0.1) is 0 Å². The van der Waals surface area contributed by atoms with E-state index in [-0.39, 0.29) is 12.5 Å². The monoisotopic (exact) mass is 1040 g/mol. The van der Waals surface area contributed by atoms with Gasteiger partial charge < -0.3 is 40.3 Å². The van der Waals surface area contributed by atoms with Gasteiger partial charge in [-0.25, -0.2) is 0 Å². The van der Waals surface area contributed by atoms with Gasteiger partial charge in [-0.3, -0.25) is 4.79 Å². The molecule has 0 saturated carbocycles. The second-order valence-electron chi connectivity index (χ2n) is 22.9. The minimum atomic E-state index is -1.55. The molecule has 73 heavy (non-hydrogen) atoms.